The van der Waals surface area contributed by atoms with Crippen LogP contribution in [0.5, 0.6) is 0 Å². The summed E-state index contributed by atoms with van der Waals surface area (Å²) in [6, 6.07) is 5.85. The maximum absolute atomic E-state index is 12.0. The Bertz CT molecular complexity index is 473. The second-order valence-electron chi connectivity index (χ2n) is 5.26. The Morgan fingerprint density at radius 2 is 1.90 bits per heavy atom. The molecule has 2 rings (SSSR count). The molecule has 0 spiro atoms. The molecular weight excluding hydrogens is 297 g/mol. The molecule has 1 N–H and O–H groups in total. The molecule has 1 aromatic rings. The highest BCUT2D eigenvalue weighted by Crippen LogP contribution is 2.29. The van der Waals surface area contributed by atoms with Crippen LogP contribution in [0.4, 0.5) is 10.5 Å². The van der Waals surface area contributed by atoms with E-state index in [1.54, 1.807) is 0 Å². The number of carbonyl (C=O) groups excluding carboxylic acids is 1. The second kappa shape index (κ2) is 6.68. The van der Waals surface area contributed by atoms with Crippen molar-refractivity contribution in [2.75, 3.05) is 5.32 Å². The van der Waals surface area contributed by atoms with Gasteiger partial charge in [-0.3, -0.25) is 5.32 Å². The summed E-state index contributed by atoms with van der Waals surface area (Å²) < 4.78 is 5.42. The van der Waals surface area contributed by atoms with Crippen LogP contribution in [0.25, 0.3) is 0 Å². The number of ether oxygens (including phenoxy) is 1. The fourth-order valence-corrected chi connectivity index (χ4v) is 3.03. The Hall–Kier alpha value is -0.930. The molecule has 0 unspecified atom stereocenters. The largest absolute Gasteiger partial charge is 0.444 e. The molecule has 0 heterocycles. The minimum absolute atomic E-state index is 0.0306. The third kappa shape index (κ3) is 3.80. The molecule has 1 aliphatic rings. The third-order valence-corrected chi connectivity index (χ3v) is 4.51. The number of alkyl halides is 2. The van der Waals surface area contributed by atoms with E-state index in [0.717, 1.165) is 29.7 Å². The average molecular weight is 316 g/mol. The second-order valence-corrected chi connectivity index (χ2v) is 6.44. The number of halogens is 2. The fourth-order valence-electron chi connectivity index (χ4n) is 2.45. The molecule has 1 aromatic carbocycles. The van der Waals surface area contributed by atoms with Crippen molar-refractivity contribution < 1.29 is 9.53 Å². The molecule has 0 aromatic heterocycles. The number of para-hydroxylation sites is 1. The summed E-state index contributed by atoms with van der Waals surface area (Å²) in [6.45, 7) is 3.89. The normalized spacial score (nSPS) is 26.1. The van der Waals surface area contributed by atoms with Gasteiger partial charge in [0.2, 0.25) is 0 Å². The van der Waals surface area contributed by atoms with Crippen LogP contribution in [0.15, 0.2) is 18.2 Å². The Labute approximate surface area is 129 Å². The lowest BCUT2D eigenvalue weighted by Gasteiger charge is -2.29. The van der Waals surface area contributed by atoms with Crippen LogP contribution < -0.4 is 5.32 Å². The molecular formula is C15H19Cl2NO2. The van der Waals surface area contributed by atoms with E-state index in [4.69, 9.17) is 27.9 Å². The van der Waals surface area contributed by atoms with E-state index in [-0.39, 0.29) is 16.9 Å². The van der Waals surface area contributed by atoms with Gasteiger partial charge < -0.3 is 4.74 Å². The van der Waals surface area contributed by atoms with Crippen LogP contribution in [0.2, 0.25) is 0 Å². The molecule has 0 radical (unpaired) electrons. The predicted molar refractivity (Wildman–Crippen MR) is 82.9 cm³/mol. The lowest BCUT2D eigenvalue weighted by Crippen LogP contribution is -2.36. The van der Waals surface area contributed by atoms with Gasteiger partial charge in [0, 0.05) is 17.5 Å². The lowest BCUT2D eigenvalue weighted by molar-refractivity contribution is 0.0902. The number of carbonyl (C=O) groups is 1. The first-order valence-corrected chi connectivity index (χ1v) is 7.66. The van der Waals surface area contributed by atoms with E-state index in [1.165, 1.54) is 0 Å². The van der Waals surface area contributed by atoms with Crippen molar-refractivity contribution in [2.45, 2.75) is 50.0 Å². The summed E-state index contributed by atoms with van der Waals surface area (Å²) in [7, 11) is 0. The SMILES string of the molecule is Cc1cccc(C)c1NC(=O)O[C@H]1C[C@H](Cl)CC[C@@H]1Cl. The molecule has 3 nitrogen and oxygen atoms in total. The fraction of sp³-hybridized carbons (Fsp3) is 0.533. The van der Waals surface area contributed by atoms with Gasteiger partial charge in [0.15, 0.2) is 0 Å². The van der Waals surface area contributed by atoms with Crippen molar-refractivity contribution in [3.8, 4) is 0 Å². The number of amides is 1. The molecule has 110 valence electrons. The number of hydrogen-bond acceptors (Lipinski definition) is 2. The van der Waals surface area contributed by atoms with Crippen molar-refractivity contribution in [3.63, 3.8) is 0 Å². The maximum Gasteiger partial charge on any atom is 0.411 e. The molecule has 0 aliphatic heterocycles. The van der Waals surface area contributed by atoms with E-state index in [9.17, 15) is 4.79 Å². The number of hydrogen-bond donors (Lipinski definition) is 1. The summed E-state index contributed by atoms with van der Waals surface area (Å²) in [5, 5.41) is 2.67. The van der Waals surface area contributed by atoms with Crippen LogP contribution in [-0.2, 0) is 4.74 Å². The lowest BCUT2D eigenvalue weighted by atomic mass is 9.97. The minimum atomic E-state index is -0.469. The van der Waals surface area contributed by atoms with Gasteiger partial charge in [-0.1, -0.05) is 18.2 Å². The van der Waals surface area contributed by atoms with Crippen LogP contribution in [0.3, 0.4) is 0 Å². The number of benzene rings is 1. The summed E-state index contributed by atoms with van der Waals surface area (Å²) in [5.41, 5.74) is 2.80. The Morgan fingerprint density at radius 1 is 1.25 bits per heavy atom. The van der Waals surface area contributed by atoms with Gasteiger partial charge in [-0.2, -0.15) is 0 Å². The van der Waals surface area contributed by atoms with Gasteiger partial charge in [0.25, 0.3) is 0 Å². The highest BCUT2D eigenvalue weighted by atomic mass is 35.5. The average Bonchev–Trinajstić information content (AvgIpc) is 2.38. The Morgan fingerprint density at radius 3 is 2.55 bits per heavy atom. The third-order valence-electron chi connectivity index (χ3n) is 3.61. The zero-order valence-corrected chi connectivity index (χ0v) is 13.2. The molecule has 1 saturated carbocycles. The van der Waals surface area contributed by atoms with Gasteiger partial charge in [0.1, 0.15) is 6.10 Å². The van der Waals surface area contributed by atoms with E-state index in [2.05, 4.69) is 5.32 Å². The molecule has 1 fully saturated rings. The van der Waals surface area contributed by atoms with Crippen molar-refractivity contribution in [1.29, 1.82) is 0 Å². The first-order valence-electron chi connectivity index (χ1n) is 6.79. The molecule has 1 aliphatic carbocycles. The molecule has 20 heavy (non-hydrogen) atoms. The van der Waals surface area contributed by atoms with E-state index < -0.39 is 6.09 Å². The van der Waals surface area contributed by atoms with Gasteiger partial charge in [0.05, 0.1) is 5.38 Å². The molecule has 3 atom stereocenters. The monoisotopic (exact) mass is 315 g/mol. The van der Waals surface area contributed by atoms with Crippen LogP contribution in [0.1, 0.15) is 30.4 Å². The Kier molecular flexibility index (Phi) is 5.17. The first-order chi connectivity index (χ1) is 9.47. The van der Waals surface area contributed by atoms with Gasteiger partial charge in [-0.15, -0.1) is 23.2 Å². The van der Waals surface area contributed by atoms with Gasteiger partial charge in [-0.05, 0) is 37.8 Å². The first kappa shape index (κ1) is 15.5. The zero-order chi connectivity index (χ0) is 14.7. The van der Waals surface area contributed by atoms with Crippen LogP contribution in [0, 0.1) is 13.8 Å². The van der Waals surface area contributed by atoms with E-state index in [1.807, 2.05) is 32.0 Å². The minimum Gasteiger partial charge on any atom is -0.444 e. The number of anilines is 1. The topological polar surface area (TPSA) is 38.3 Å². The maximum atomic E-state index is 12.0. The van der Waals surface area contributed by atoms with E-state index >= 15 is 0 Å². The zero-order valence-electron chi connectivity index (χ0n) is 11.7. The smallest absolute Gasteiger partial charge is 0.411 e. The van der Waals surface area contributed by atoms with Gasteiger partial charge in [-0.25, -0.2) is 4.79 Å². The predicted octanol–water partition coefficient (Wildman–Crippen LogP) is 4.62. The quantitative estimate of drug-likeness (QED) is 0.809. The number of rotatable bonds is 2. The number of aryl methyl sites for hydroxylation is 2. The highest BCUT2D eigenvalue weighted by molar-refractivity contribution is 6.22. The molecule has 1 amide bonds. The van der Waals surface area contributed by atoms with Crippen LogP contribution >= 0.6 is 23.2 Å². The molecule has 0 saturated heterocycles. The van der Waals surface area contributed by atoms with E-state index in [0.29, 0.717) is 6.42 Å². The molecule has 0 bridgehead atoms. The molecule has 5 heteroatoms. The van der Waals surface area contributed by atoms with Crippen molar-refractivity contribution in [3.05, 3.63) is 29.3 Å². The van der Waals surface area contributed by atoms with Crippen molar-refractivity contribution in [1.82, 2.24) is 0 Å². The summed E-state index contributed by atoms with van der Waals surface area (Å²) >= 11 is 12.3. The van der Waals surface area contributed by atoms with Crippen LogP contribution in [-0.4, -0.2) is 23.0 Å². The van der Waals surface area contributed by atoms with Gasteiger partial charge >= 0.3 is 6.09 Å². The summed E-state index contributed by atoms with van der Waals surface area (Å²) in [5.74, 6) is 0. The van der Waals surface area contributed by atoms with Crippen molar-refractivity contribution >= 4 is 35.0 Å². The number of nitrogens with one attached hydrogen (secondary N) is 1. The summed E-state index contributed by atoms with van der Waals surface area (Å²) in [4.78, 5) is 12.0. The highest BCUT2D eigenvalue weighted by Gasteiger charge is 2.31. The van der Waals surface area contributed by atoms with Crippen molar-refractivity contribution in [2.24, 2.45) is 0 Å². The summed E-state index contributed by atoms with van der Waals surface area (Å²) in [6.07, 6.45) is 1.46. The Balaban J connectivity index is 1.98. The standard InChI is InChI=1S/C15H19Cl2NO2/c1-9-4-3-5-10(2)14(9)18-15(19)20-13-8-11(16)6-7-12(13)17/h3-5,11-13H,6-8H2,1-2H3,(H,18,19)/t11-,12+,13+/m1/s1.